The van der Waals surface area contributed by atoms with E-state index in [0.717, 1.165) is 12.6 Å². The summed E-state index contributed by atoms with van der Waals surface area (Å²) >= 11 is 0. The van der Waals surface area contributed by atoms with Crippen LogP contribution >= 0.6 is 0 Å². The fourth-order valence-electron chi connectivity index (χ4n) is 4.98. The maximum Gasteiger partial charge on any atom is 0.0499 e. The van der Waals surface area contributed by atoms with E-state index in [4.69, 9.17) is 5.73 Å². The first-order valence-corrected chi connectivity index (χ1v) is 8.64. The highest BCUT2D eigenvalue weighted by Gasteiger charge is 2.51. The molecule has 0 amide bonds. The smallest absolute Gasteiger partial charge is 0.0499 e. The number of nitrogens with zero attached hydrogens (tertiary/aromatic N) is 3. The van der Waals surface area contributed by atoms with E-state index in [1.165, 1.54) is 65.0 Å². The Morgan fingerprint density at radius 2 is 2.00 bits per heavy atom. The molecule has 3 heterocycles. The van der Waals surface area contributed by atoms with E-state index in [1.807, 2.05) is 0 Å². The van der Waals surface area contributed by atoms with E-state index in [1.54, 1.807) is 0 Å². The Morgan fingerprint density at radius 3 is 2.70 bits per heavy atom. The summed E-state index contributed by atoms with van der Waals surface area (Å²) in [6.45, 7) is 12.9. The minimum atomic E-state index is 0.272. The Kier molecular flexibility index (Phi) is 4.37. The Morgan fingerprint density at radius 1 is 1.15 bits per heavy atom. The first kappa shape index (κ1) is 14.8. The molecule has 3 saturated heterocycles. The minimum absolute atomic E-state index is 0.272. The van der Waals surface area contributed by atoms with Crippen molar-refractivity contribution < 1.29 is 0 Å². The van der Waals surface area contributed by atoms with Crippen LogP contribution in [0.5, 0.6) is 0 Å². The van der Waals surface area contributed by atoms with Crippen LogP contribution in [-0.2, 0) is 0 Å². The SMILES string of the molecule is CCN1CCN(C2(CN)CCN3CCCCC32)CC1C. The third kappa shape index (κ3) is 2.31. The van der Waals surface area contributed by atoms with Crippen LogP contribution in [-0.4, -0.2) is 78.1 Å². The molecular weight excluding hydrogens is 248 g/mol. The molecule has 2 N–H and O–H groups in total. The highest BCUT2D eigenvalue weighted by atomic mass is 15.4. The van der Waals surface area contributed by atoms with E-state index in [2.05, 4.69) is 28.5 Å². The molecule has 0 aromatic heterocycles. The zero-order valence-corrected chi connectivity index (χ0v) is 13.4. The molecule has 0 radical (unpaired) electrons. The predicted molar refractivity (Wildman–Crippen MR) is 83.9 cm³/mol. The van der Waals surface area contributed by atoms with Gasteiger partial charge in [0.1, 0.15) is 0 Å². The van der Waals surface area contributed by atoms with E-state index in [0.29, 0.717) is 6.04 Å². The van der Waals surface area contributed by atoms with Crippen molar-refractivity contribution in [2.75, 3.05) is 45.8 Å². The lowest BCUT2D eigenvalue weighted by Crippen LogP contribution is -2.67. The van der Waals surface area contributed by atoms with Gasteiger partial charge in [-0.15, -0.1) is 0 Å². The molecule has 0 bridgehead atoms. The van der Waals surface area contributed by atoms with Gasteiger partial charge in [0.15, 0.2) is 0 Å². The third-order valence-electron chi connectivity index (χ3n) is 6.22. The summed E-state index contributed by atoms with van der Waals surface area (Å²) in [6, 6.07) is 1.40. The van der Waals surface area contributed by atoms with Crippen LogP contribution in [0.1, 0.15) is 39.5 Å². The molecule has 3 unspecified atom stereocenters. The third-order valence-corrected chi connectivity index (χ3v) is 6.22. The average Bonchev–Trinajstić information content (AvgIpc) is 2.87. The van der Waals surface area contributed by atoms with Gasteiger partial charge in [-0.05, 0) is 39.3 Å². The molecule has 4 nitrogen and oxygen atoms in total. The molecule has 0 saturated carbocycles. The summed E-state index contributed by atoms with van der Waals surface area (Å²) in [4.78, 5) is 8.10. The molecule has 0 aliphatic carbocycles. The van der Waals surface area contributed by atoms with Gasteiger partial charge in [-0.25, -0.2) is 0 Å². The van der Waals surface area contributed by atoms with Crippen molar-refractivity contribution in [2.24, 2.45) is 5.73 Å². The number of piperazine rings is 1. The zero-order valence-electron chi connectivity index (χ0n) is 13.4. The number of rotatable bonds is 3. The van der Waals surface area contributed by atoms with Gasteiger partial charge < -0.3 is 5.73 Å². The molecule has 3 atom stereocenters. The number of fused-ring (bicyclic) bond motifs is 1. The zero-order chi connectivity index (χ0) is 14.2. The Labute approximate surface area is 124 Å². The van der Waals surface area contributed by atoms with Crippen molar-refractivity contribution in [1.82, 2.24) is 14.7 Å². The van der Waals surface area contributed by atoms with Gasteiger partial charge in [-0.1, -0.05) is 13.3 Å². The number of piperidine rings is 1. The number of hydrogen-bond donors (Lipinski definition) is 1. The van der Waals surface area contributed by atoms with Crippen LogP contribution in [0.4, 0.5) is 0 Å². The normalized spacial score (nSPS) is 41.0. The van der Waals surface area contributed by atoms with Crippen molar-refractivity contribution in [2.45, 2.75) is 57.2 Å². The summed E-state index contributed by atoms with van der Waals surface area (Å²) in [5.74, 6) is 0. The monoisotopic (exact) mass is 280 g/mol. The fraction of sp³-hybridized carbons (Fsp3) is 1.00. The number of hydrogen-bond acceptors (Lipinski definition) is 4. The van der Waals surface area contributed by atoms with Crippen molar-refractivity contribution >= 4 is 0 Å². The standard InChI is InChI=1S/C16H32N4/c1-3-18-10-11-20(12-14(18)2)16(13-17)7-9-19-8-5-4-6-15(16)19/h14-15H,3-13,17H2,1-2H3. The quantitative estimate of drug-likeness (QED) is 0.835. The molecule has 0 spiro atoms. The Balaban J connectivity index is 1.76. The maximum atomic E-state index is 6.34. The first-order chi connectivity index (χ1) is 9.71. The topological polar surface area (TPSA) is 35.7 Å². The molecule has 116 valence electrons. The van der Waals surface area contributed by atoms with Gasteiger partial charge in [0.25, 0.3) is 0 Å². The molecule has 4 heteroatoms. The lowest BCUT2D eigenvalue weighted by atomic mass is 9.83. The van der Waals surface area contributed by atoms with Crippen LogP contribution in [0.3, 0.4) is 0 Å². The van der Waals surface area contributed by atoms with E-state index in [-0.39, 0.29) is 5.54 Å². The molecule has 3 aliphatic rings. The van der Waals surface area contributed by atoms with Crippen LogP contribution < -0.4 is 5.73 Å². The lowest BCUT2D eigenvalue weighted by molar-refractivity contribution is -0.0157. The number of nitrogens with two attached hydrogens (primary N) is 1. The van der Waals surface area contributed by atoms with Gasteiger partial charge in [0, 0.05) is 50.3 Å². The van der Waals surface area contributed by atoms with Gasteiger partial charge >= 0.3 is 0 Å². The van der Waals surface area contributed by atoms with Crippen molar-refractivity contribution in [3.63, 3.8) is 0 Å². The first-order valence-electron chi connectivity index (χ1n) is 8.64. The van der Waals surface area contributed by atoms with Gasteiger partial charge in [-0.3, -0.25) is 14.7 Å². The lowest BCUT2D eigenvalue weighted by Gasteiger charge is -2.52. The van der Waals surface area contributed by atoms with Crippen molar-refractivity contribution in [3.8, 4) is 0 Å². The molecule has 0 aromatic rings. The molecular formula is C16H32N4. The van der Waals surface area contributed by atoms with Gasteiger partial charge in [-0.2, -0.15) is 0 Å². The van der Waals surface area contributed by atoms with Crippen molar-refractivity contribution in [3.05, 3.63) is 0 Å². The van der Waals surface area contributed by atoms with Crippen LogP contribution in [0, 0.1) is 0 Å². The molecule has 3 rings (SSSR count). The number of likely N-dealkylation sites (N-methyl/N-ethyl adjacent to an activating group) is 1. The molecule has 20 heavy (non-hydrogen) atoms. The fourth-order valence-corrected chi connectivity index (χ4v) is 4.98. The molecule has 0 aromatic carbocycles. The van der Waals surface area contributed by atoms with Gasteiger partial charge in [0.2, 0.25) is 0 Å². The van der Waals surface area contributed by atoms with Crippen LogP contribution in [0.15, 0.2) is 0 Å². The van der Waals surface area contributed by atoms with Crippen molar-refractivity contribution in [1.29, 1.82) is 0 Å². The maximum absolute atomic E-state index is 6.34. The Hall–Kier alpha value is -0.160. The predicted octanol–water partition coefficient (Wildman–Crippen LogP) is 0.968. The summed E-state index contributed by atoms with van der Waals surface area (Å²) in [6.07, 6.45) is 5.43. The highest BCUT2D eigenvalue weighted by Crippen LogP contribution is 2.39. The Bertz CT molecular complexity index is 334. The summed E-state index contributed by atoms with van der Waals surface area (Å²) in [7, 11) is 0. The molecule has 3 aliphatic heterocycles. The second-order valence-corrected chi connectivity index (χ2v) is 7.03. The second-order valence-electron chi connectivity index (χ2n) is 7.03. The van der Waals surface area contributed by atoms with E-state index >= 15 is 0 Å². The average molecular weight is 280 g/mol. The van der Waals surface area contributed by atoms with E-state index < -0.39 is 0 Å². The van der Waals surface area contributed by atoms with E-state index in [9.17, 15) is 0 Å². The highest BCUT2D eigenvalue weighted by molar-refractivity contribution is 5.09. The van der Waals surface area contributed by atoms with Gasteiger partial charge in [0.05, 0.1) is 0 Å². The van der Waals surface area contributed by atoms with Crippen LogP contribution in [0.25, 0.3) is 0 Å². The largest absolute Gasteiger partial charge is 0.329 e. The van der Waals surface area contributed by atoms with Crippen LogP contribution in [0.2, 0.25) is 0 Å². The minimum Gasteiger partial charge on any atom is -0.329 e. The summed E-state index contributed by atoms with van der Waals surface area (Å²) < 4.78 is 0. The summed E-state index contributed by atoms with van der Waals surface area (Å²) in [5, 5.41) is 0. The molecule has 3 fully saturated rings. The summed E-state index contributed by atoms with van der Waals surface area (Å²) in [5.41, 5.74) is 6.61. The second kappa shape index (κ2) is 5.91.